The number of hydrogen-bond donors (Lipinski definition) is 0. The monoisotopic (exact) mass is 284 g/mol. The fourth-order valence-corrected chi connectivity index (χ4v) is 2.31. The van der Waals surface area contributed by atoms with E-state index in [9.17, 15) is 13.6 Å². The summed E-state index contributed by atoms with van der Waals surface area (Å²) in [6, 6.07) is 2.96. The van der Waals surface area contributed by atoms with E-state index in [0.29, 0.717) is 19.8 Å². The first-order valence-electron chi connectivity index (χ1n) is 6.31. The van der Waals surface area contributed by atoms with Gasteiger partial charge in [-0.05, 0) is 17.7 Å². The van der Waals surface area contributed by atoms with Crippen LogP contribution in [-0.2, 0) is 25.4 Å². The summed E-state index contributed by atoms with van der Waals surface area (Å²) in [5, 5.41) is 0. The lowest BCUT2D eigenvalue weighted by Crippen LogP contribution is -2.62. The highest BCUT2D eigenvalue weighted by Crippen LogP contribution is 2.38. The molecule has 4 nitrogen and oxygen atoms in total. The molecule has 0 N–H and O–H groups in total. The molecular formula is C14H14F2O4. The molecule has 108 valence electrons. The molecule has 3 heterocycles. The highest BCUT2D eigenvalue weighted by atomic mass is 19.1. The van der Waals surface area contributed by atoms with E-state index in [-0.39, 0.29) is 17.4 Å². The van der Waals surface area contributed by atoms with Gasteiger partial charge in [-0.25, -0.2) is 8.78 Å². The third-order valence-electron chi connectivity index (χ3n) is 3.46. The fraction of sp³-hybridized carbons (Fsp3) is 0.500. The molecule has 0 unspecified atom stereocenters. The van der Waals surface area contributed by atoms with Crippen LogP contribution < -0.4 is 0 Å². The van der Waals surface area contributed by atoms with Gasteiger partial charge in [0.25, 0.3) is 0 Å². The normalized spacial score (nSPS) is 32.4. The van der Waals surface area contributed by atoms with Crippen LogP contribution in [0.5, 0.6) is 0 Å². The van der Waals surface area contributed by atoms with Gasteiger partial charge >= 0.3 is 5.97 Å². The minimum Gasteiger partial charge on any atom is -0.320 e. The number of rotatable bonds is 3. The van der Waals surface area contributed by atoms with Crippen LogP contribution in [0.1, 0.15) is 12.5 Å². The van der Waals surface area contributed by atoms with E-state index in [1.165, 1.54) is 0 Å². The lowest BCUT2D eigenvalue weighted by Gasteiger charge is -2.49. The molecule has 1 aromatic carbocycles. The van der Waals surface area contributed by atoms with Gasteiger partial charge < -0.3 is 14.2 Å². The quantitative estimate of drug-likeness (QED) is 0.849. The summed E-state index contributed by atoms with van der Waals surface area (Å²) in [7, 11) is 0. The summed E-state index contributed by atoms with van der Waals surface area (Å²) < 4.78 is 42.4. The maximum Gasteiger partial charge on any atom is 0.347 e. The van der Waals surface area contributed by atoms with Crippen molar-refractivity contribution in [2.45, 2.75) is 19.3 Å². The first-order chi connectivity index (χ1) is 9.41. The maximum absolute atomic E-state index is 13.1. The largest absolute Gasteiger partial charge is 0.347 e. The Kier molecular flexibility index (Phi) is 3.12. The second kappa shape index (κ2) is 4.58. The number of fused-ring (bicyclic) bond motifs is 3. The Labute approximate surface area is 114 Å². The molecule has 2 bridgehead atoms. The van der Waals surface area contributed by atoms with Gasteiger partial charge in [-0.15, -0.1) is 0 Å². The molecule has 0 amide bonds. The minimum atomic E-state index is -1.72. The molecule has 0 radical (unpaired) electrons. The van der Waals surface area contributed by atoms with Crippen LogP contribution in [0.2, 0.25) is 0 Å². The van der Waals surface area contributed by atoms with Crippen LogP contribution in [0.15, 0.2) is 18.2 Å². The summed E-state index contributed by atoms with van der Waals surface area (Å²) in [4.78, 5) is 12.3. The van der Waals surface area contributed by atoms with Crippen molar-refractivity contribution in [2.24, 2.45) is 5.41 Å². The van der Waals surface area contributed by atoms with Gasteiger partial charge in [0.2, 0.25) is 5.78 Å². The maximum atomic E-state index is 13.1. The van der Waals surface area contributed by atoms with Crippen LogP contribution >= 0.6 is 0 Å². The van der Waals surface area contributed by atoms with E-state index in [1.54, 1.807) is 0 Å². The van der Waals surface area contributed by atoms with Crippen molar-refractivity contribution >= 4 is 5.78 Å². The summed E-state index contributed by atoms with van der Waals surface area (Å²) in [6.45, 7) is 3.01. The topological polar surface area (TPSA) is 44.8 Å². The number of carbonyl (C=O) groups is 1. The van der Waals surface area contributed by atoms with Crippen molar-refractivity contribution in [2.75, 3.05) is 19.8 Å². The van der Waals surface area contributed by atoms with Crippen LogP contribution in [0.25, 0.3) is 0 Å². The minimum absolute atomic E-state index is 0.217. The van der Waals surface area contributed by atoms with E-state index >= 15 is 0 Å². The molecular weight excluding hydrogens is 270 g/mol. The number of halogens is 2. The predicted octanol–water partition coefficient (Wildman–Crippen LogP) is 1.81. The van der Waals surface area contributed by atoms with Crippen LogP contribution in [0.4, 0.5) is 8.78 Å². The highest BCUT2D eigenvalue weighted by Gasteiger charge is 2.54. The molecule has 1 aromatic rings. The summed E-state index contributed by atoms with van der Waals surface area (Å²) >= 11 is 0. The number of benzene rings is 1. The van der Waals surface area contributed by atoms with E-state index in [0.717, 1.165) is 18.2 Å². The Balaban J connectivity index is 1.76. The molecule has 4 rings (SSSR count). The predicted molar refractivity (Wildman–Crippen MR) is 63.8 cm³/mol. The Morgan fingerprint density at radius 2 is 1.60 bits per heavy atom. The van der Waals surface area contributed by atoms with Crippen LogP contribution in [0, 0.1) is 17.0 Å². The Bertz CT molecular complexity index is 513. The van der Waals surface area contributed by atoms with Crippen LogP contribution in [0.3, 0.4) is 0 Å². The Morgan fingerprint density at radius 3 is 2.10 bits per heavy atom. The molecule has 3 aliphatic rings. The standard InChI is InChI=1S/C14H14F2O4/c1-13-6-18-14(19-7-13,20-8-13)12(17)4-9-2-10(15)5-11(16)3-9/h2-3,5H,4,6-8H2,1H3. The number of Topliss-reactive ketones (excluding diaryl/α,β-unsaturated/α-hetero) is 1. The zero-order valence-electron chi connectivity index (χ0n) is 10.9. The van der Waals surface area contributed by atoms with Gasteiger partial charge in [0, 0.05) is 17.9 Å². The highest BCUT2D eigenvalue weighted by molar-refractivity contribution is 5.86. The molecule has 0 aliphatic carbocycles. The van der Waals surface area contributed by atoms with Gasteiger partial charge in [-0.3, -0.25) is 4.79 Å². The molecule has 3 aliphatic heterocycles. The van der Waals surface area contributed by atoms with Crippen molar-refractivity contribution in [3.63, 3.8) is 0 Å². The van der Waals surface area contributed by atoms with Crippen molar-refractivity contribution in [3.05, 3.63) is 35.4 Å². The summed E-state index contributed by atoms with van der Waals surface area (Å²) in [5.74, 6) is -3.68. The van der Waals surface area contributed by atoms with Crippen LogP contribution in [-0.4, -0.2) is 31.6 Å². The molecule has 0 aromatic heterocycles. The second-order valence-electron chi connectivity index (χ2n) is 5.61. The second-order valence-corrected chi connectivity index (χ2v) is 5.61. The van der Waals surface area contributed by atoms with Crippen molar-refractivity contribution in [3.8, 4) is 0 Å². The number of ether oxygens (including phenoxy) is 3. The van der Waals surface area contributed by atoms with Gasteiger partial charge in [0.05, 0.1) is 19.8 Å². The third-order valence-corrected chi connectivity index (χ3v) is 3.46. The van der Waals surface area contributed by atoms with Gasteiger partial charge in [0.1, 0.15) is 11.6 Å². The molecule has 0 spiro atoms. The first kappa shape index (κ1) is 13.6. The van der Waals surface area contributed by atoms with E-state index in [4.69, 9.17) is 14.2 Å². The van der Waals surface area contributed by atoms with Gasteiger partial charge in [-0.1, -0.05) is 6.92 Å². The zero-order valence-corrected chi connectivity index (χ0v) is 10.9. The lowest BCUT2D eigenvalue weighted by molar-refractivity contribution is -0.439. The molecule has 3 fully saturated rings. The third kappa shape index (κ3) is 2.34. The number of carbonyl (C=O) groups excluding carboxylic acids is 1. The van der Waals surface area contributed by atoms with Crippen molar-refractivity contribution in [1.82, 2.24) is 0 Å². The molecule has 0 atom stereocenters. The van der Waals surface area contributed by atoms with E-state index in [1.807, 2.05) is 6.92 Å². The molecule has 6 heteroatoms. The molecule has 20 heavy (non-hydrogen) atoms. The van der Waals surface area contributed by atoms with E-state index in [2.05, 4.69) is 0 Å². The Hall–Kier alpha value is -1.37. The van der Waals surface area contributed by atoms with Gasteiger partial charge in [-0.2, -0.15) is 0 Å². The number of hydrogen-bond acceptors (Lipinski definition) is 4. The molecule has 0 saturated carbocycles. The number of ketones is 1. The zero-order chi connectivity index (χ0) is 14.4. The SMILES string of the molecule is CC12COC(C(=O)Cc3cc(F)cc(F)c3)(OC1)OC2. The Morgan fingerprint density at radius 1 is 1.10 bits per heavy atom. The fourth-order valence-electron chi connectivity index (χ4n) is 2.31. The van der Waals surface area contributed by atoms with Crippen molar-refractivity contribution in [1.29, 1.82) is 0 Å². The smallest absolute Gasteiger partial charge is 0.320 e. The average Bonchev–Trinajstić information content (AvgIpc) is 2.38. The first-order valence-corrected chi connectivity index (χ1v) is 6.31. The summed E-state index contributed by atoms with van der Waals surface area (Å²) in [6.07, 6.45) is -0.217. The van der Waals surface area contributed by atoms with E-state index < -0.39 is 23.4 Å². The van der Waals surface area contributed by atoms with Crippen molar-refractivity contribution < 1.29 is 27.8 Å². The van der Waals surface area contributed by atoms with Gasteiger partial charge in [0.15, 0.2) is 0 Å². The summed E-state index contributed by atoms with van der Waals surface area (Å²) in [5.41, 5.74) is -0.0240. The molecule has 3 saturated heterocycles. The average molecular weight is 284 g/mol. The lowest BCUT2D eigenvalue weighted by atomic mass is 9.91.